The zero-order valence-electron chi connectivity index (χ0n) is 12.7. The Labute approximate surface area is 125 Å². The van der Waals surface area contributed by atoms with Crippen LogP contribution in [0.2, 0.25) is 0 Å². The van der Waals surface area contributed by atoms with E-state index in [1.807, 2.05) is 31.2 Å². The Morgan fingerprint density at radius 1 is 1.52 bits per heavy atom. The van der Waals surface area contributed by atoms with Gasteiger partial charge in [-0.1, -0.05) is 12.1 Å². The third-order valence-electron chi connectivity index (χ3n) is 3.86. The number of aliphatic hydroxyl groups excluding tert-OH is 1. The zero-order chi connectivity index (χ0) is 15.2. The van der Waals surface area contributed by atoms with Crippen molar-refractivity contribution in [2.24, 2.45) is 0 Å². The molecule has 1 aliphatic heterocycles. The third-order valence-corrected chi connectivity index (χ3v) is 3.86. The maximum Gasteiger partial charge on any atom is 0.221 e. The number of hydrogen-bond acceptors (Lipinski definition) is 4. The summed E-state index contributed by atoms with van der Waals surface area (Å²) < 4.78 is 5.26. The fourth-order valence-corrected chi connectivity index (χ4v) is 2.85. The van der Waals surface area contributed by atoms with Crippen LogP contribution in [0, 0.1) is 0 Å². The van der Waals surface area contributed by atoms with E-state index >= 15 is 0 Å². The molecule has 2 rings (SSSR count). The van der Waals surface area contributed by atoms with E-state index in [0.29, 0.717) is 32.5 Å². The van der Waals surface area contributed by atoms with Gasteiger partial charge in [0.15, 0.2) is 0 Å². The van der Waals surface area contributed by atoms with Crippen LogP contribution >= 0.6 is 0 Å². The molecule has 1 aromatic rings. The van der Waals surface area contributed by atoms with Gasteiger partial charge in [-0.05, 0) is 31.0 Å². The van der Waals surface area contributed by atoms with Crippen LogP contribution in [0.3, 0.4) is 0 Å². The largest absolute Gasteiger partial charge is 0.497 e. The van der Waals surface area contributed by atoms with Gasteiger partial charge >= 0.3 is 0 Å². The number of likely N-dealkylation sites (tertiary alicyclic amines) is 1. The number of carbonyl (C=O) groups is 1. The van der Waals surface area contributed by atoms with Gasteiger partial charge in [-0.2, -0.15) is 0 Å². The van der Waals surface area contributed by atoms with Crippen molar-refractivity contribution >= 4 is 5.91 Å². The molecular weight excluding hydrogens is 268 g/mol. The molecular formula is C16H24N2O3. The van der Waals surface area contributed by atoms with Crippen molar-refractivity contribution in [3.05, 3.63) is 29.8 Å². The number of methoxy groups -OCH3 is 1. The lowest BCUT2D eigenvalue weighted by atomic mass is 10.0. The molecule has 0 spiro atoms. The van der Waals surface area contributed by atoms with Gasteiger partial charge in [0.05, 0.1) is 13.2 Å². The molecule has 0 unspecified atom stereocenters. The molecule has 0 radical (unpaired) electrons. The van der Waals surface area contributed by atoms with E-state index in [2.05, 4.69) is 10.2 Å². The van der Waals surface area contributed by atoms with Crippen molar-refractivity contribution in [2.45, 2.75) is 31.9 Å². The number of aliphatic hydroxyl groups is 1. The molecule has 116 valence electrons. The molecule has 1 amide bonds. The molecule has 0 bridgehead atoms. The number of ether oxygens (including phenoxy) is 1. The van der Waals surface area contributed by atoms with Crippen LogP contribution in [0.4, 0.5) is 0 Å². The molecule has 1 fully saturated rings. The number of benzene rings is 1. The Kier molecular flexibility index (Phi) is 5.59. The number of nitrogens with zero attached hydrogens (tertiary/aromatic N) is 1. The van der Waals surface area contributed by atoms with Crippen molar-refractivity contribution in [3.8, 4) is 5.75 Å². The summed E-state index contributed by atoms with van der Waals surface area (Å²) in [4.78, 5) is 13.8. The lowest BCUT2D eigenvalue weighted by molar-refractivity contribution is -0.121. The van der Waals surface area contributed by atoms with Gasteiger partial charge in [0.25, 0.3) is 0 Å². The Morgan fingerprint density at radius 3 is 3.05 bits per heavy atom. The first-order valence-corrected chi connectivity index (χ1v) is 7.46. The maximum atomic E-state index is 11.6. The van der Waals surface area contributed by atoms with Gasteiger partial charge in [0.1, 0.15) is 5.75 Å². The summed E-state index contributed by atoms with van der Waals surface area (Å²) in [6, 6.07) is 8.06. The van der Waals surface area contributed by atoms with Crippen molar-refractivity contribution < 1.29 is 14.6 Å². The lowest BCUT2D eigenvalue weighted by Gasteiger charge is -2.24. The van der Waals surface area contributed by atoms with Crippen LogP contribution in [0.5, 0.6) is 5.75 Å². The van der Waals surface area contributed by atoms with E-state index in [9.17, 15) is 9.90 Å². The second kappa shape index (κ2) is 7.43. The Bertz CT molecular complexity index is 478. The van der Waals surface area contributed by atoms with Gasteiger partial charge in [0, 0.05) is 32.1 Å². The van der Waals surface area contributed by atoms with Crippen molar-refractivity contribution in [1.82, 2.24) is 10.2 Å². The highest BCUT2D eigenvalue weighted by atomic mass is 16.5. The van der Waals surface area contributed by atoms with E-state index in [1.54, 1.807) is 7.11 Å². The highest BCUT2D eigenvalue weighted by Gasteiger charge is 2.32. The van der Waals surface area contributed by atoms with E-state index in [4.69, 9.17) is 4.74 Å². The van der Waals surface area contributed by atoms with Crippen LogP contribution < -0.4 is 10.1 Å². The van der Waals surface area contributed by atoms with Crippen LogP contribution in [0.25, 0.3) is 0 Å². The topological polar surface area (TPSA) is 61.8 Å². The average molecular weight is 292 g/mol. The lowest BCUT2D eigenvalue weighted by Crippen LogP contribution is -2.31. The standard InChI is InChI=1S/C16H24N2O3/c1-3-17-16(20)7-8-18-11-13(19)10-15(18)12-5-4-6-14(9-12)21-2/h4-6,9,13,15,19H,3,7-8,10-11H2,1-2H3,(H,17,20)/t13-,15-/m0/s1. The molecule has 0 aliphatic carbocycles. The fraction of sp³-hybridized carbons (Fsp3) is 0.562. The molecule has 5 heteroatoms. The molecule has 1 aliphatic rings. The molecule has 0 saturated carbocycles. The monoisotopic (exact) mass is 292 g/mol. The Hall–Kier alpha value is -1.59. The molecule has 5 nitrogen and oxygen atoms in total. The Morgan fingerprint density at radius 2 is 2.33 bits per heavy atom. The molecule has 1 aromatic carbocycles. The smallest absolute Gasteiger partial charge is 0.221 e. The minimum Gasteiger partial charge on any atom is -0.497 e. The number of β-amino-alcohol motifs (C(OH)–C–C–N with tert-alkyl or cyclic N) is 1. The first-order chi connectivity index (χ1) is 10.1. The van der Waals surface area contributed by atoms with Crippen LogP contribution in [0.15, 0.2) is 24.3 Å². The minimum atomic E-state index is -0.338. The summed E-state index contributed by atoms with van der Waals surface area (Å²) in [5, 5.41) is 12.8. The third kappa shape index (κ3) is 4.19. The highest BCUT2D eigenvalue weighted by molar-refractivity contribution is 5.75. The van der Waals surface area contributed by atoms with Crippen molar-refractivity contribution in [1.29, 1.82) is 0 Å². The van der Waals surface area contributed by atoms with E-state index in [-0.39, 0.29) is 18.1 Å². The average Bonchev–Trinajstić information content (AvgIpc) is 2.86. The summed E-state index contributed by atoms with van der Waals surface area (Å²) in [5.74, 6) is 0.876. The summed E-state index contributed by atoms with van der Waals surface area (Å²) in [7, 11) is 1.65. The van der Waals surface area contributed by atoms with E-state index in [1.165, 1.54) is 0 Å². The first kappa shape index (κ1) is 15.8. The summed E-state index contributed by atoms with van der Waals surface area (Å²) in [6.07, 6.45) is 0.819. The maximum absolute atomic E-state index is 11.6. The van der Waals surface area contributed by atoms with Crippen molar-refractivity contribution in [3.63, 3.8) is 0 Å². The minimum absolute atomic E-state index is 0.0586. The molecule has 2 atom stereocenters. The zero-order valence-corrected chi connectivity index (χ0v) is 12.7. The predicted molar refractivity (Wildman–Crippen MR) is 81.2 cm³/mol. The second-order valence-corrected chi connectivity index (χ2v) is 5.38. The molecule has 21 heavy (non-hydrogen) atoms. The van der Waals surface area contributed by atoms with E-state index < -0.39 is 0 Å². The Balaban J connectivity index is 2.03. The number of carbonyl (C=O) groups excluding carboxylic acids is 1. The normalized spacial score (nSPS) is 22.2. The quantitative estimate of drug-likeness (QED) is 0.830. The van der Waals surface area contributed by atoms with Crippen molar-refractivity contribution in [2.75, 3.05) is 26.7 Å². The summed E-state index contributed by atoms with van der Waals surface area (Å²) in [6.45, 7) is 3.84. The van der Waals surface area contributed by atoms with Crippen LogP contribution in [-0.2, 0) is 4.79 Å². The number of rotatable bonds is 6. The summed E-state index contributed by atoms with van der Waals surface area (Å²) in [5.41, 5.74) is 1.13. The van der Waals surface area contributed by atoms with Crippen LogP contribution in [0.1, 0.15) is 31.4 Å². The van der Waals surface area contributed by atoms with Crippen LogP contribution in [-0.4, -0.2) is 48.8 Å². The molecule has 1 saturated heterocycles. The molecule has 1 heterocycles. The van der Waals surface area contributed by atoms with Gasteiger partial charge in [-0.15, -0.1) is 0 Å². The highest BCUT2D eigenvalue weighted by Crippen LogP contribution is 2.33. The van der Waals surface area contributed by atoms with Gasteiger partial charge < -0.3 is 15.2 Å². The fourth-order valence-electron chi connectivity index (χ4n) is 2.85. The number of nitrogens with one attached hydrogen (secondary N) is 1. The van der Waals surface area contributed by atoms with E-state index in [0.717, 1.165) is 11.3 Å². The predicted octanol–water partition coefficient (Wildman–Crippen LogP) is 1.33. The molecule has 0 aromatic heterocycles. The number of amides is 1. The van der Waals surface area contributed by atoms with Gasteiger partial charge in [0.2, 0.25) is 5.91 Å². The first-order valence-electron chi connectivity index (χ1n) is 7.46. The SMILES string of the molecule is CCNC(=O)CCN1C[C@@H](O)C[C@H]1c1cccc(OC)c1. The van der Waals surface area contributed by atoms with Gasteiger partial charge in [-0.3, -0.25) is 9.69 Å². The number of hydrogen-bond donors (Lipinski definition) is 2. The molecule has 2 N–H and O–H groups in total. The second-order valence-electron chi connectivity index (χ2n) is 5.38. The summed E-state index contributed by atoms with van der Waals surface area (Å²) >= 11 is 0. The van der Waals surface area contributed by atoms with Gasteiger partial charge in [-0.25, -0.2) is 0 Å².